The van der Waals surface area contributed by atoms with Crippen LogP contribution in [0.3, 0.4) is 0 Å². The zero-order chi connectivity index (χ0) is 30.9. The number of furan rings is 1. The number of nitrogens with zero attached hydrogens (tertiary/aromatic N) is 1. The van der Waals surface area contributed by atoms with E-state index in [0.717, 1.165) is 49.8 Å². The van der Waals surface area contributed by atoms with Crippen molar-refractivity contribution in [1.82, 2.24) is 4.57 Å². The van der Waals surface area contributed by atoms with Crippen molar-refractivity contribution >= 4 is 64.5 Å². The molecular weight excluding hydrogens is 591 g/mol. The Hall–Kier alpha value is -5.90. The highest BCUT2D eigenvalue weighted by atomic mass is 32.1. The number of para-hydroxylation sites is 3. The van der Waals surface area contributed by atoms with Crippen LogP contribution in [-0.4, -0.2) is 4.57 Å². The normalized spacial score (nSPS) is 11.8. The molecule has 0 saturated carbocycles. The Labute approximate surface area is 275 Å². The maximum absolute atomic E-state index is 6.79. The van der Waals surface area contributed by atoms with Crippen LogP contribution in [0.1, 0.15) is 0 Å². The first-order chi connectivity index (χ1) is 23.3. The number of rotatable bonds is 4. The van der Waals surface area contributed by atoms with Crippen LogP contribution in [0.5, 0.6) is 0 Å². The molecule has 0 unspecified atom stereocenters. The van der Waals surface area contributed by atoms with Gasteiger partial charge in [-0.2, -0.15) is 0 Å². The van der Waals surface area contributed by atoms with Gasteiger partial charge in [0.05, 0.1) is 5.52 Å². The van der Waals surface area contributed by atoms with E-state index in [1.54, 1.807) is 0 Å². The Balaban J connectivity index is 1.12. The lowest BCUT2D eigenvalue weighted by molar-refractivity contribution is 0.674. The largest absolute Gasteiger partial charge is 0.453 e. The van der Waals surface area contributed by atoms with Gasteiger partial charge >= 0.3 is 0 Å². The van der Waals surface area contributed by atoms with Gasteiger partial charge < -0.3 is 8.98 Å². The molecule has 0 bridgehead atoms. The lowest BCUT2D eigenvalue weighted by atomic mass is 9.95. The third-order valence-electron chi connectivity index (χ3n) is 9.43. The Morgan fingerprint density at radius 2 is 1.02 bits per heavy atom. The molecule has 0 aliphatic rings. The number of thiophene rings is 1. The predicted octanol–water partition coefficient (Wildman–Crippen LogP) is 12.9. The molecule has 10 rings (SSSR count). The first kappa shape index (κ1) is 26.3. The average molecular weight is 618 g/mol. The van der Waals surface area contributed by atoms with Crippen LogP contribution < -0.4 is 0 Å². The summed E-state index contributed by atoms with van der Waals surface area (Å²) in [7, 11) is 0. The van der Waals surface area contributed by atoms with Crippen LogP contribution in [0.15, 0.2) is 168 Å². The minimum absolute atomic E-state index is 0.917. The number of hydrogen-bond acceptors (Lipinski definition) is 2. The van der Waals surface area contributed by atoms with Crippen LogP contribution in [-0.2, 0) is 0 Å². The molecule has 0 amide bonds. The summed E-state index contributed by atoms with van der Waals surface area (Å²) in [5.41, 5.74) is 12.5. The van der Waals surface area contributed by atoms with Crippen molar-refractivity contribution < 1.29 is 4.42 Å². The highest BCUT2D eigenvalue weighted by Gasteiger charge is 2.21. The molecule has 7 aromatic carbocycles. The summed E-state index contributed by atoms with van der Waals surface area (Å²) >= 11 is 1.88. The van der Waals surface area contributed by atoms with Gasteiger partial charge in [-0.25, -0.2) is 0 Å². The molecule has 0 aliphatic heterocycles. The van der Waals surface area contributed by atoms with Crippen molar-refractivity contribution in [2.24, 2.45) is 0 Å². The SMILES string of the molecule is c1ccc(-c2cccc3c2sc2cccc(-c4ccc(-c5cccc6c5oc5c7ccccc7n(-c7ccccc7)c65)cc4)c23)cc1. The van der Waals surface area contributed by atoms with E-state index in [4.69, 9.17) is 4.42 Å². The molecular formula is C44H27NOS. The highest BCUT2D eigenvalue weighted by Crippen LogP contribution is 2.45. The lowest BCUT2D eigenvalue weighted by Crippen LogP contribution is -1.92. The molecule has 220 valence electrons. The number of fused-ring (bicyclic) bond motifs is 8. The van der Waals surface area contributed by atoms with E-state index in [1.807, 2.05) is 11.3 Å². The fourth-order valence-corrected chi connectivity index (χ4v) is 8.59. The van der Waals surface area contributed by atoms with Gasteiger partial charge in [0.2, 0.25) is 0 Å². The third kappa shape index (κ3) is 3.97. The second kappa shape index (κ2) is 10.3. The van der Waals surface area contributed by atoms with Gasteiger partial charge in [-0.3, -0.25) is 0 Å². The van der Waals surface area contributed by atoms with E-state index in [9.17, 15) is 0 Å². The molecule has 3 heterocycles. The van der Waals surface area contributed by atoms with Gasteiger partial charge in [0, 0.05) is 42.2 Å². The molecule has 0 atom stereocenters. The molecule has 0 radical (unpaired) electrons. The van der Waals surface area contributed by atoms with Crippen molar-refractivity contribution in [2.45, 2.75) is 0 Å². The van der Waals surface area contributed by atoms with Crippen molar-refractivity contribution in [3.8, 4) is 39.1 Å². The van der Waals surface area contributed by atoms with E-state index >= 15 is 0 Å². The molecule has 0 fully saturated rings. The molecule has 0 aliphatic carbocycles. The van der Waals surface area contributed by atoms with Gasteiger partial charge in [0.25, 0.3) is 0 Å². The topological polar surface area (TPSA) is 18.1 Å². The van der Waals surface area contributed by atoms with E-state index in [0.29, 0.717) is 0 Å². The lowest BCUT2D eigenvalue weighted by Gasteiger charge is -2.09. The molecule has 10 aromatic rings. The Bertz CT molecular complexity index is 2770. The predicted molar refractivity (Wildman–Crippen MR) is 200 cm³/mol. The summed E-state index contributed by atoms with van der Waals surface area (Å²) in [6, 6.07) is 58.7. The Kier molecular flexibility index (Phi) is 5.78. The van der Waals surface area contributed by atoms with Crippen molar-refractivity contribution in [3.05, 3.63) is 164 Å². The second-order valence-corrected chi connectivity index (χ2v) is 13.1. The second-order valence-electron chi connectivity index (χ2n) is 12.1. The highest BCUT2D eigenvalue weighted by molar-refractivity contribution is 7.26. The maximum Gasteiger partial charge on any atom is 0.161 e. The molecule has 3 heteroatoms. The first-order valence-electron chi connectivity index (χ1n) is 15.9. The first-order valence-corrected chi connectivity index (χ1v) is 16.8. The molecule has 3 aromatic heterocycles. The fraction of sp³-hybridized carbons (Fsp3) is 0. The van der Waals surface area contributed by atoms with Crippen LogP contribution in [0.4, 0.5) is 0 Å². The zero-order valence-corrected chi connectivity index (χ0v) is 26.2. The van der Waals surface area contributed by atoms with Crippen molar-refractivity contribution in [3.63, 3.8) is 0 Å². The maximum atomic E-state index is 6.79. The summed E-state index contributed by atoms with van der Waals surface area (Å²) in [6.45, 7) is 0. The summed E-state index contributed by atoms with van der Waals surface area (Å²) in [5, 5.41) is 4.87. The monoisotopic (exact) mass is 617 g/mol. The summed E-state index contributed by atoms with van der Waals surface area (Å²) < 4.78 is 11.8. The number of benzene rings is 7. The zero-order valence-electron chi connectivity index (χ0n) is 25.4. The van der Waals surface area contributed by atoms with E-state index in [2.05, 4.69) is 168 Å². The van der Waals surface area contributed by atoms with Crippen LogP contribution in [0.25, 0.3) is 92.2 Å². The van der Waals surface area contributed by atoms with Gasteiger partial charge in [0.1, 0.15) is 11.1 Å². The Morgan fingerprint density at radius 3 is 1.83 bits per heavy atom. The standard InChI is InChI=1S/C44H27NOS/c1-3-12-28(13-4-1)34-19-10-20-36-40-32(17-11-23-39(40)47-44(34)36)29-24-26-30(27-25-29)33-18-9-21-37-41-43(46-42(33)37)35-16-7-8-22-38(35)45(41)31-14-5-2-6-15-31/h1-27H. The van der Waals surface area contributed by atoms with Crippen molar-refractivity contribution in [1.29, 1.82) is 0 Å². The van der Waals surface area contributed by atoms with Gasteiger partial charge in [-0.1, -0.05) is 127 Å². The average Bonchev–Trinajstić information content (AvgIpc) is 3.81. The molecule has 47 heavy (non-hydrogen) atoms. The van der Waals surface area contributed by atoms with E-state index in [-0.39, 0.29) is 0 Å². The number of hydrogen-bond donors (Lipinski definition) is 0. The van der Waals surface area contributed by atoms with Crippen LogP contribution in [0, 0.1) is 0 Å². The van der Waals surface area contributed by atoms with Crippen molar-refractivity contribution in [2.75, 3.05) is 0 Å². The van der Waals surface area contributed by atoms with Gasteiger partial charge in [0.15, 0.2) is 5.58 Å². The quantitative estimate of drug-likeness (QED) is 0.192. The molecule has 0 saturated heterocycles. The molecule has 0 N–H and O–H groups in total. The smallest absolute Gasteiger partial charge is 0.161 e. The summed E-state index contributed by atoms with van der Waals surface area (Å²) in [6.07, 6.45) is 0. The summed E-state index contributed by atoms with van der Waals surface area (Å²) in [5.74, 6) is 0. The fourth-order valence-electron chi connectivity index (χ4n) is 7.33. The third-order valence-corrected chi connectivity index (χ3v) is 10.6. The van der Waals surface area contributed by atoms with Gasteiger partial charge in [-0.05, 0) is 64.2 Å². The van der Waals surface area contributed by atoms with Crippen LogP contribution in [0.2, 0.25) is 0 Å². The van der Waals surface area contributed by atoms with E-state index in [1.165, 1.54) is 42.4 Å². The summed E-state index contributed by atoms with van der Waals surface area (Å²) in [4.78, 5) is 0. The minimum Gasteiger partial charge on any atom is -0.453 e. The van der Waals surface area contributed by atoms with Gasteiger partial charge in [-0.15, -0.1) is 11.3 Å². The van der Waals surface area contributed by atoms with E-state index < -0.39 is 0 Å². The number of aromatic nitrogens is 1. The van der Waals surface area contributed by atoms with Crippen LogP contribution >= 0.6 is 11.3 Å². The molecule has 0 spiro atoms. The molecule has 2 nitrogen and oxygen atoms in total. The Morgan fingerprint density at radius 1 is 0.426 bits per heavy atom. The minimum atomic E-state index is 0.917.